The van der Waals surface area contributed by atoms with Crippen molar-refractivity contribution in [3.05, 3.63) is 88.2 Å². The van der Waals surface area contributed by atoms with Gasteiger partial charge in [-0.1, -0.05) is 12.1 Å². The Morgan fingerprint density at radius 3 is 2.50 bits per heavy atom. The maximum absolute atomic E-state index is 13.6. The molecule has 11 heteroatoms. The standard InChI is InChI=1S/C29H29F3N4O4/c1-19(37)33-12-13-36-26-17-23(34-18-20-4-3-5-22(16-20)29(30,31)32)8-11-25(26)35-27(28(36)38)21-6-9-24(10-7-21)40-15-14-39-2/h3-11,16-17,34H,12-15,18H2,1-2H3,(H,33,37). The molecule has 0 bridgehead atoms. The van der Waals surface area contributed by atoms with Crippen LogP contribution in [0.15, 0.2) is 71.5 Å². The zero-order valence-electron chi connectivity index (χ0n) is 22.0. The molecule has 4 rings (SSSR count). The fraction of sp³-hybridized carbons (Fsp3) is 0.276. The second-order valence-electron chi connectivity index (χ2n) is 9.02. The molecule has 0 aliphatic carbocycles. The quantitative estimate of drug-likeness (QED) is 0.257. The summed E-state index contributed by atoms with van der Waals surface area (Å²) < 4.78 is 51.4. The summed E-state index contributed by atoms with van der Waals surface area (Å²) in [6.45, 7) is 2.80. The third-order valence-corrected chi connectivity index (χ3v) is 6.09. The van der Waals surface area contributed by atoms with Crippen LogP contribution >= 0.6 is 0 Å². The van der Waals surface area contributed by atoms with Gasteiger partial charge in [-0.05, 0) is 60.2 Å². The topological polar surface area (TPSA) is 94.5 Å². The minimum Gasteiger partial charge on any atom is -0.491 e. The number of carbonyl (C=O) groups excluding carboxylic acids is 1. The summed E-state index contributed by atoms with van der Waals surface area (Å²) in [5, 5.41) is 5.83. The van der Waals surface area contributed by atoms with Crippen LogP contribution in [-0.2, 0) is 28.8 Å². The van der Waals surface area contributed by atoms with Crippen LogP contribution in [0.2, 0.25) is 0 Å². The van der Waals surface area contributed by atoms with Crippen molar-refractivity contribution in [3.8, 4) is 17.0 Å². The van der Waals surface area contributed by atoms with Gasteiger partial charge in [0.15, 0.2) is 0 Å². The lowest BCUT2D eigenvalue weighted by Crippen LogP contribution is -2.31. The van der Waals surface area contributed by atoms with Gasteiger partial charge in [-0.15, -0.1) is 0 Å². The van der Waals surface area contributed by atoms with Crippen molar-refractivity contribution in [1.82, 2.24) is 14.9 Å². The van der Waals surface area contributed by atoms with E-state index >= 15 is 0 Å². The second-order valence-corrected chi connectivity index (χ2v) is 9.02. The number of alkyl halides is 3. The van der Waals surface area contributed by atoms with Gasteiger partial charge in [-0.3, -0.25) is 9.59 Å². The first-order chi connectivity index (χ1) is 19.2. The summed E-state index contributed by atoms with van der Waals surface area (Å²) in [5.74, 6) is 0.406. The van der Waals surface area contributed by atoms with Gasteiger partial charge < -0.3 is 24.7 Å². The van der Waals surface area contributed by atoms with E-state index in [4.69, 9.17) is 9.47 Å². The fourth-order valence-corrected chi connectivity index (χ4v) is 4.12. The number of aromatic nitrogens is 2. The average Bonchev–Trinajstić information content (AvgIpc) is 2.93. The Balaban J connectivity index is 1.65. The van der Waals surface area contributed by atoms with Crippen molar-refractivity contribution in [2.24, 2.45) is 0 Å². The number of hydrogen-bond donors (Lipinski definition) is 2. The number of anilines is 1. The number of rotatable bonds is 11. The molecule has 0 fully saturated rings. The first-order valence-corrected chi connectivity index (χ1v) is 12.6. The Labute approximate surface area is 228 Å². The molecule has 1 amide bonds. The van der Waals surface area contributed by atoms with Gasteiger partial charge in [0.05, 0.1) is 23.2 Å². The summed E-state index contributed by atoms with van der Waals surface area (Å²) in [6, 6.07) is 17.3. The Morgan fingerprint density at radius 2 is 1.80 bits per heavy atom. The van der Waals surface area contributed by atoms with Crippen molar-refractivity contribution in [2.75, 3.05) is 32.2 Å². The zero-order valence-corrected chi connectivity index (χ0v) is 22.0. The van der Waals surface area contributed by atoms with Crippen LogP contribution in [-0.4, -0.2) is 42.3 Å². The molecule has 0 aliphatic heterocycles. The summed E-state index contributed by atoms with van der Waals surface area (Å²) in [4.78, 5) is 29.7. The van der Waals surface area contributed by atoms with Gasteiger partial charge in [0.1, 0.15) is 18.1 Å². The van der Waals surface area contributed by atoms with Gasteiger partial charge in [0.25, 0.3) is 5.56 Å². The third kappa shape index (κ3) is 7.17. The lowest BCUT2D eigenvalue weighted by Gasteiger charge is -2.15. The van der Waals surface area contributed by atoms with E-state index in [2.05, 4.69) is 15.6 Å². The van der Waals surface area contributed by atoms with Crippen molar-refractivity contribution < 1.29 is 27.4 Å². The molecule has 8 nitrogen and oxygen atoms in total. The number of nitrogens with zero attached hydrogens (tertiary/aromatic N) is 2. The van der Waals surface area contributed by atoms with E-state index in [9.17, 15) is 22.8 Å². The maximum Gasteiger partial charge on any atom is 0.416 e. The smallest absolute Gasteiger partial charge is 0.416 e. The number of amides is 1. The second kappa shape index (κ2) is 12.6. The van der Waals surface area contributed by atoms with Gasteiger partial charge >= 0.3 is 6.18 Å². The largest absolute Gasteiger partial charge is 0.491 e. The summed E-state index contributed by atoms with van der Waals surface area (Å²) in [5.41, 5.74) is 1.90. The highest BCUT2D eigenvalue weighted by atomic mass is 19.4. The van der Waals surface area contributed by atoms with Crippen LogP contribution in [0.5, 0.6) is 5.75 Å². The molecule has 4 aromatic rings. The molecular formula is C29H29F3N4O4. The molecule has 210 valence electrons. The van der Waals surface area contributed by atoms with Crippen LogP contribution in [0.3, 0.4) is 0 Å². The highest BCUT2D eigenvalue weighted by Gasteiger charge is 2.30. The molecule has 2 N–H and O–H groups in total. The normalized spacial score (nSPS) is 11.4. The first-order valence-electron chi connectivity index (χ1n) is 12.6. The van der Waals surface area contributed by atoms with Crippen LogP contribution in [0, 0.1) is 0 Å². The van der Waals surface area contributed by atoms with Gasteiger partial charge in [0, 0.05) is 44.9 Å². The number of hydrogen-bond acceptors (Lipinski definition) is 6. The molecule has 40 heavy (non-hydrogen) atoms. The van der Waals surface area contributed by atoms with E-state index in [1.165, 1.54) is 17.6 Å². The number of benzene rings is 3. The van der Waals surface area contributed by atoms with E-state index in [1.54, 1.807) is 55.6 Å². The maximum atomic E-state index is 13.6. The first kappa shape index (κ1) is 28.6. The van der Waals surface area contributed by atoms with Crippen molar-refractivity contribution in [3.63, 3.8) is 0 Å². The Kier molecular flexibility index (Phi) is 9.05. The number of methoxy groups -OCH3 is 1. The molecule has 0 radical (unpaired) electrons. The lowest BCUT2D eigenvalue weighted by molar-refractivity contribution is -0.137. The highest BCUT2D eigenvalue weighted by Crippen LogP contribution is 2.30. The van der Waals surface area contributed by atoms with E-state index in [1.807, 2.05) is 0 Å². The van der Waals surface area contributed by atoms with E-state index in [0.717, 1.165) is 12.1 Å². The van der Waals surface area contributed by atoms with E-state index in [-0.39, 0.29) is 36.8 Å². The molecule has 0 saturated carbocycles. The van der Waals surface area contributed by atoms with Gasteiger partial charge in [0.2, 0.25) is 5.91 Å². The van der Waals surface area contributed by atoms with E-state index in [0.29, 0.717) is 46.8 Å². The number of nitrogens with one attached hydrogen (secondary N) is 2. The molecule has 3 aromatic carbocycles. The molecular weight excluding hydrogens is 525 g/mol. The van der Waals surface area contributed by atoms with Crippen LogP contribution in [0.25, 0.3) is 22.3 Å². The van der Waals surface area contributed by atoms with Gasteiger partial charge in [-0.2, -0.15) is 13.2 Å². The Hall–Kier alpha value is -4.38. The number of ether oxygens (including phenoxy) is 2. The summed E-state index contributed by atoms with van der Waals surface area (Å²) >= 11 is 0. The van der Waals surface area contributed by atoms with Crippen LogP contribution in [0.1, 0.15) is 18.1 Å². The van der Waals surface area contributed by atoms with Crippen LogP contribution < -0.4 is 20.9 Å². The molecule has 0 unspecified atom stereocenters. The molecule has 0 spiro atoms. The third-order valence-electron chi connectivity index (χ3n) is 6.09. The van der Waals surface area contributed by atoms with Crippen LogP contribution in [0.4, 0.5) is 18.9 Å². The SMILES string of the molecule is COCCOc1ccc(-c2nc3ccc(NCc4cccc(C(F)(F)F)c4)cc3n(CCNC(C)=O)c2=O)cc1. The number of carbonyl (C=O) groups is 1. The predicted octanol–water partition coefficient (Wildman–Crippen LogP) is 4.86. The van der Waals surface area contributed by atoms with Crippen molar-refractivity contribution >= 4 is 22.6 Å². The van der Waals surface area contributed by atoms with Crippen molar-refractivity contribution in [2.45, 2.75) is 26.2 Å². The Bertz CT molecular complexity index is 1540. The Morgan fingerprint density at radius 1 is 1.02 bits per heavy atom. The minimum atomic E-state index is -4.43. The zero-order chi connectivity index (χ0) is 28.7. The molecule has 1 heterocycles. The highest BCUT2D eigenvalue weighted by molar-refractivity contribution is 5.81. The molecule has 0 atom stereocenters. The monoisotopic (exact) mass is 554 g/mol. The van der Waals surface area contributed by atoms with E-state index < -0.39 is 11.7 Å². The fourth-order valence-electron chi connectivity index (χ4n) is 4.12. The summed E-state index contributed by atoms with van der Waals surface area (Å²) in [6.07, 6.45) is -4.43. The predicted molar refractivity (Wildman–Crippen MR) is 146 cm³/mol. The van der Waals surface area contributed by atoms with Crippen molar-refractivity contribution in [1.29, 1.82) is 0 Å². The van der Waals surface area contributed by atoms with Gasteiger partial charge in [-0.25, -0.2) is 4.98 Å². The lowest BCUT2D eigenvalue weighted by atomic mass is 10.1. The molecule has 1 aromatic heterocycles. The number of halogens is 3. The average molecular weight is 555 g/mol. The molecule has 0 aliphatic rings. The minimum absolute atomic E-state index is 0.149. The summed E-state index contributed by atoms with van der Waals surface area (Å²) in [7, 11) is 1.59. The number of fused-ring (bicyclic) bond motifs is 1. The molecule has 0 saturated heterocycles.